The van der Waals surface area contributed by atoms with Crippen LogP contribution in [0.15, 0.2) is 24.4 Å². The van der Waals surface area contributed by atoms with Crippen LogP contribution in [0.2, 0.25) is 0 Å². The van der Waals surface area contributed by atoms with E-state index in [1.807, 2.05) is 25.1 Å². The standard InChI is InChI=1S/C15H20N2O3/c1-10-8-12(13(9-10)15(19)20)14(18)17-7-5-11-4-2-3-6-16-11/h2-4,6,10,12-13H,5,7-9H2,1H3,(H,17,18)(H,19,20)/t10?,12-,13+/m0/s1. The van der Waals surface area contributed by atoms with Gasteiger partial charge in [-0.2, -0.15) is 0 Å². The molecule has 1 fully saturated rings. The van der Waals surface area contributed by atoms with E-state index in [0.29, 0.717) is 31.7 Å². The van der Waals surface area contributed by atoms with Gasteiger partial charge in [0.15, 0.2) is 0 Å². The number of aliphatic carboxylic acids is 1. The predicted molar refractivity (Wildman–Crippen MR) is 74.0 cm³/mol. The van der Waals surface area contributed by atoms with Gasteiger partial charge in [0.2, 0.25) is 5.91 Å². The first-order valence-electron chi connectivity index (χ1n) is 6.98. The van der Waals surface area contributed by atoms with Crippen LogP contribution >= 0.6 is 0 Å². The number of amides is 1. The summed E-state index contributed by atoms with van der Waals surface area (Å²) in [7, 11) is 0. The highest BCUT2D eigenvalue weighted by Gasteiger charge is 2.40. The minimum Gasteiger partial charge on any atom is -0.481 e. The van der Waals surface area contributed by atoms with E-state index >= 15 is 0 Å². The van der Waals surface area contributed by atoms with Gasteiger partial charge in [-0.1, -0.05) is 13.0 Å². The molecule has 2 rings (SSSR count). The summed E-state index contributed by atoms with van der Waals surface area (Å²) >= 11 is 0. The van der Waals surface area contributed by atoms with Gasteiger partial charge >= 0.3 is 5.97 Å². The third-order valence-corrected chi connectivity index (χ3v) is 3.86. The topological polar surface area (TPSA) is 79.3 Å². The molecule has 1 saturated carbocycles. The molecule has 5 heteroatoms. The number of hydrogen-bond donors (Lipinski definition) is 2. The Morgan fingerprint density at radius 1 is 1.35 bits per heavy atom. The number of pyridine rings is 1. The van der Waals surface area contributed by atoms with E-state index in [1.165, 1.54) is 0 Å². The van der Waals surface area contributed by atoms with Crippen molar-refractivity contribution in [3.63, 3.8) is 0 Å². The highest BCUT2D eigenvalue weighted by molar-refractivity contribution is 5.85. The maximum absolute atomic E-state index is 12.1. The molecule has 1 unspecified atom stereocenters. The molecule has 1 amide bonds. The molecule has 0 saturated heterocycles. The zero-order valence-corrected chi connectivity index (χ0v) is 11.6. The second-order valence-electron chi connectivity index (χ2n) is 5.49. The number of hydrogen-bond acceptors (Lipinski definition) is 3. The second kappa shape index (κ2) is 6.50. The average Bonchev–Trinajstić information content (AvgIpc) is 2.82. The van der Waals surface area contributed by atoms with E-state index in [-0.39, 0.29) is 5.91 Å². The third kappa shape index (κ3) is 3.56. The molecule has 3 atom stereocenters. The van der Waals surface area contributed by atoms with Gasteiger partial charge in [0.05, 0.1) is 11.8 Å². The molecule has 0 bridgehead atoms. The Morgan fingerprint density at radius 3 is 2.75 bits per heavy atom. The van der Waals surface area contributed by atoms with E-state index in [4.69, 9.17) is 5.11 Å². The number of nitrogens with one attached hydrogen (secondary N) is 1. The number of nitrogens with zero attached hydrogens (tertiary/aromatic N) is 1. The Labute approximate surface area is 118 Å². The van der Waals surface area contributed by atoms with Gasteiger partial charge < -0.3 is 10.4 Å². The second-order valence-corrected chi connectivity index (χ2v) is 5.49. The van der Waals surface area contributed by atoms with Gasteiger partial charge in [-0.25, -0.2) is 0 Å². The molecule has 1 aromatic heterocycles. The summed E-state index contributed by atoms with van der Waals surface area (Å²) < 4.78 is 0. The smallest absolute Gasteiger partial charge is 0.307 e. The van der Waals surface area contributed by atoms with Gasteiger partial charge in [0.1, 0.15) is 0 Å². The number of carboxylic acid groups (broad SMARTS) is 1. The molecule has 0 spiro atoms. The number of carbonyl (C=O) groups is 2. The molecular formula is C15H20N2O3. The van der Waals surface area contributed by atoms with Gasteiger partial charge in [0.25, 0.3) is 0 Å². The van der Waals surface area contributed by atoms with Crippen LogP contribution in [0.25, 0.3) is 0 Å². The van der Waals surface area contributed by atoms with Crippen molar-refractivity contribution in [2.45, 2.75) is 26.2 Å². The van der Waals surface area contributed by atoms with Crippen molar-refractivity contribution in [3.8, 4) is 0 Å². The molecule has 0 aromatic carbocycles. The minimum atomic E-state index is -0.862. The van der Waals surface area contributed by atoms with Crippen LogP contribution in [-0.4, -0.2) is 28.5 Å². The number of carboxylic acids is 1. The number of carbonyl (C=O) groups excluding carboxylic acids is 1. The lowest BCUT2D eigenvalue weighted by atomic mass is 9.95. The monoisotopic (exact) mass is 276 g/mol. The van der Waals surface area contributed by atoms with Crippen molar-refractivity contribution >= 4 is 11.9 Å². The molecule has 0 radical (unpaired) electrons. The van der Waals surface area contributed by atoms with Crippen LogP contribution in [-0.2, 0) is 16.0 Å². The van der Waals surface area contributed by atoms with Gasteiger partial charge in [0, 0.05) is 24.9 Å². The summed E-state index contributed by atoms with van der Waals surface area (Å²) in [6.45, 7) is 2.49. The summed E-state index contributed by atoms with van der Waals surface area (Å²) in [5.74, 6) is -1.65. The molecule has 1 aromatic rings. The van der Waals surface area contributed by atoms with Crippen molar-refractivity contribution < 1.29 is 14.7 Å². The first kappa shape index (κ1) is 14.5. The van der Waals surface area contributed by atoms with Gasteiger partial charge in [-0.3, -0.25) is 14.6 Å². The minimum absolute atomic E-state index is 0.141. The largest absolute Gasteiger partial charge is 0.481 e. The number of rotatable bonds is 5. The fourth-order valence-electron chi connectivity index (χ4n) is 2.85. The van der Waals surface area contributed by atoms with Crippen LogP contribution in [0.4, 0.5) is 0 Å². The first-order chi connectivity index (χ1) is 9.58. The predicted octanol–water partition coefficient (Wildman–Crippen LogP) is 1.49. The normalized spacial score (nSPS) is 25.4. The Morgan fingerprint density at radius 2 is 2.10 bits per heavy atom. The average molecular weight is 276 g/mol. The molecule has 2 N–H and O–H groups in total. The zero-order chi connectivity index (χ0) is 14.5. The summed E-state index contributed by atoms with van der Waals surface area (Å²) in [5.41, 5.74) is 0.919. The maximum Gasteiger partial charge on any atom is 0.307 e. The molecule has 1 heterocycles. The lowest BCUT2D eigenvalue weighted by molar-refractivity contribution is -0.146. The maximum atomic E-state index is 12.1. The lowest BCUT2D eigenvalue weighted by Crippen LogP contribution is -2.36. The summed E-state index contributed by atoms with van der Waals surface area (Å²) in [4.78, 5) is 27.5. The van der Waals surface area contributed by atoms with Crippen LogP contribution in [0, 0.1) is 17.8 Å². The molecule has 1 aliphatic carbocycles. The van der Waals surface area contributed by atoms with Crippen molar-refractivity contribution in [1.29, 1.82) is 0 Å². The fraction of sp³-hybridized carbons (Fsp3) is 0.533. The van der Waals surface area contributed by atoms with Gasteiger partial charge in [-0.15, -0.1) is 0 Å². The summed E-state index contributed by atoms with van der Waals surface area (Å²) in [6.07, 6.45) is 3.63. The van der Waals surface area contributed by atoms with Crippen LogP contribution in [0.1, 0.15) is 25.5 Å². The molecule has 5 nitrogen and oxygen atoms in total. The van der Waals surface area contributed by atoms with E-state index in [9.17, 15) is 9.59 Å². The Bertz CT molecular complexity index is 475. The highest BCUT2D eigenvalue weighted by Crippen LogP contribution is 2.36. The highest BCUT2D eigenvalue weighted by atomic mass is 16.4. The van der Waals surface area contributed by atoms with E-state index in [0.717, 1.165) is 5.69 Å². The van der Waals surface area contributed by atoms with Crippen LogP contribution < -0.4 is 5.32 Å². The van der Waals surface area contributed by atoms with Crippen molar-refractivity contribution in [2.75, 3.05) is 6.54 Å². The molecular weight excluding hydrogens is 256 g/mol. The quantitative estimate of drug-likeness (QED) is 0.854. The van der Waals surface area contributed by atoms with Crippen molar-refractivity contribution in [3.05, 3.63) is 30.1 Å². The van der Waals surface area contributed by atoms with Crippen molar-refractivity contribution in [2.24, 2.45) is 17.8 Å². The van der Waals surface area contributed by atoms with E-state index in [1.54, 1.807) is 6.20 Å². The van der Waals surface area contributed by atoms with Crippen LogP contribution in [0.5, 0.6) is 0 Å². The Kier molecular flexibility index (Phi) is 4.71. The molecule has 0 aliphatic heterocycles. The fourth-order valence-corrected chi connectivity index (χ4v) is 2.85. The lowest BCUT2D eigenvalue weighted by Gasteiger charge is -2.15. The molecule has 20 heavy (non-hydrogen) atoms. The summed E-state index contributed by atoms with van der Waals surface area (Å²) in [5, 5.41) is 12.0. The third-order valence-electron chi connectivity index (χ3n) is 3.86. The SMILES string of the molecule is CC1C[C@H](C(=O)NCCc2ccccn2)[C@H](C(=O)O)C1. The molecule has 1 aliphatic rings. The van der Waals surface area contributed by atoms with Gasteiger partial charge in [-0.05, 0) is 30.9 Å². The van der Waals surface area contributed by atoms with Crippen molar-refractivity contribution in [1.82, 2.24) is 10.3 Å². The summed E-state index contributed by atoms with van der Waals surface area (Å²) in [6, 6.07) is 5.66. The molecule has 108 valence electrons. The Hall–Kier alpha value is -1.91. The zero-order valence-electron chi connectivity index (χ0n) is 11.6. The van der Waals surface area contributed by atoms with Crippen LogP contribution in [0.3, 0.4) is 0 Å². The van der Waals surface area contributed by atoms with E-state index < -0.39 is 17.8 Å². The number of aromatic nitrogens is 1. The first-order valence-corrected chi connectivity index (χ1v) is 6.98. The van der Waals surface area contributed by atoms with E-state index in [2.05, 4.69) is 10.3 Å². The Balaban J connectivity index is 1.84.